The molecule has 0 spiro atoms. The van der Waals surface area contributed by atoms with Crippen molar-refractivity contribution < 1.29 is 4.74 Å². The van der Waals surface area contributed by atoms with E-state index in [2.05, 4.69) is 6.92 Å². The molecule has 1 saturated heterocycles. The molecule has 2 aliphatic carbocycles. The molecule has 3 aliphatic rings. The predicted molar refractivity (Wildman–Crippen MR) is 43.3 cm³/mol. The third-order valence-electron chi connectivity index (χ3n) is 4.00. The average Bonchev–Trinajstić information content (AvgIpc) is 2.53. The SMILES string of the molecule is CC1CC2C3CCC(C3)C2O1. The van der Waals surface area contributed by atoms with Crippen LogP contribution < -0.4 is 0 Å². The Hall–Kier alpha value is -0.0400. The van der Waals surface area contributed by atoms with Gasteiger partial charge >= 0.3 is 0 Å². The monoisotopic (exact) mass is 152 g/mol. The van der Waals surface area contributed by atoms with E-state index < -0.39 is 0 Å². The third kappa shape index (κ3) is 0.752. The zero-order valence-corrected chi connectivity index (χ0v) is 7.12. The Labute approximate surface area is 68.1 Å². The Bertz CT molecular complexity index is 160. The van der Waals surface area contributed by atoms with E-state index in [1.54, 1.807) is 0 Å². The highest BCUT2D eigenvalue weighted by molar-refractivity contribution is 5.01. The summed E-state index contributed by atoms with van der Waals surface area (Å²) in [4.78, 5) is 0. The molecule has 0 aromatic carbocycles. The van der Waals surface area contributed by atoms with Crippen molar-refractivity contribution >= 4 is 0 Å². The normalized spacial score (nSPS) is 60.3. The fourth-order valence-corrected chi connectivity index (χ4v) is 3.60. The molecule has 0 amide bonds. The van der Waals surface area contributed by atoms with Crippen LogP contribution in [-0.4, -0.2) is 12.2 Å². The standard InChI is InChI=1S/C10H16O/c1-6-4-9-7-2-3-8(5-7)10(9)11-6/h6-10H,2-5H2,1H3. The second-order valence-corrected chi connectivity index (χ2v) is 4.64. The van der Waals surface area contributed by atoms with Crippen molar-refractivity contribution in [1.82, 2.24) is 0 Å². The smallest absolute Gasteiger partial charge is 0.0638 e. The van der Waals surface area contributed by atoms with Gasteiger partial charge in [-0.15, -0.1) is 0 Å². The first kappa shape index (κ1) is 6.47. The van der Waals surface area contributed by atoms with E-state index in [-0.39, 0.29) is 0 Å². The highest BCUT2D eigenvalue weighted by atomic mass is 16.5. The molecule has 0 N–H and O–H groups in total. The molecule has 0 aromatic heterocycles. The van der Waals surface area contributed by atoms with Gasteiger partial charge in [-0.1, -0.05) is 0 Å². The number of ether oxygens (including phenoxy) is 1. The molecule has 0 aromatic rings. The largest absolute Gasteiger partial charge is 0.375 e. The number of fused-ring (bicyclic) bond motifs is 5. The van der Waals surface area contributed by atoms with Crippen molar-refractivity contribution in [3.8, 4) is 0 Å². The van der Waals surface area contributed by atoms with Crippen LogP contribution in [0.3, 0.4) is 0 Å². The van der Waals surface area contributed by atoms with Gasteiger partial charge in [-0.05, 0) is 50.4 Å². The molecule has 62 valence electrons. The molecule has 2 bridgehead atoms. The van der Waals surface area contributed by atoms with E-state index in [9.17, 15) is 0 Å². The second-order valence-electron chi connectivity index (χ2n) is 4.64. The topological polar surface area (TPSA) is 9.23 Å². The van der Waals surface area contributed by atoms with E-state index in [0.29, 0.717) is 12.2 Å². The maximum Gasteiger partial charge on any atom is 0.0638 e. The Morgan fingerprint density at radius 1 is 1.09 bits per heavy atom. The van der Waals surface area contributed by atoms with Gasteiger partial charge in [0.15, 0.2) is 0 Å². The van der Waals surface area contributed by atoms with Gasteiger partial charge in [0, 0.05) is 0 Å². The Balaban J connectivity index is 1.87. The van der Waals surface area contributed by atoms with Crippen LogP contribution in [0.25, 0.3) is 0 Å². The molecule has 11 heavy (non-hydrogen) atoms. The quantitative estimate of drug-likeness (QED) is 0.517. The first-order valence-corrected chi connectivity index (χ1v) is 5.00. The molecule has 5 atom stereocenters. The predicted octanol–water partition coefficient (Wildman–Crippen LogP) is 2.21. The molecule has 5 unspecified atom stereocenters. The van der Waals surface area contributed by atoms with Crippen molar-refractivity contribution in [1.29, 1.82) is 0 Å². The van der Waals surface area contributed by atoms with Crippen LogP contribution in [0.1, 0.15) is 32.6 Å². The Kier molecular flexibility index (Phi) is 1.18. The summed E-state index contributed by atoms with van der Waals surface area (Å²) in [5.41, 5.74) is 0. The summed E-state index contributed by atoms with van der Waals surface area (Å²) < 4.78 is 5.92. The number of hydrogen-bond acceptors (Lipinski definition) is 1. The van der Waals surface area contributed by atoms with Gasteiger partial charge in [-0.25, -0.2) is 0 Å². The highest BCUT2D eigenvalue weighted by Crippen LogP contribution is 2.54. The molecule has 1 heterocycles. The molecule has 1 aliphatic heterocycles. The summed E-state index contributed by atoms with van der Waals surface area (Å²) in [7, 11) is 0. The molecule has 1 nitrogen and oxygen atoms in total. The lowest BCUT2D eigenvalue weighted by molar-refractivity contribution is 0.0145. The lowest BCUT2D eigenvalue weighted by Crippen LogP contribution is -2.23. The fourth-order valence-electron chi connectivity index (χ4n) is 3.60. The van der Waals surface area contributed by atoms with Crippen molar-refractivity contribution in [3.05, 3.63) is 0 Å². The van der Waals surface area contributed by atoms with Crippen molar-refractivity contribution in [2.24, 2.45) is 17.8 Å². The summed E-state index contributed by atoms with van der Waals surface area (Å²) >= 11 is 0. The third-order valence-corrected chi connectivity index (χ3v) is 4.00. The van der Waals surface area contributed by atoms with Crippen molar-refractivity contribution in [2.75, 3.05) is 0 Å². The first-order chi connectivity index (χ1) is 5.34. The minimum absolute atomic E-state index is 0.563. The van der Waals surface area contributed by atoms with Crippen LogP contribution in [0.15, 0.2) is 0 Å². The average molecular weight is 152 g/mol. The van der Waals surface area contributed by atoms with Gasteiger partial charge in [0.2, 0.25) is 0 Å². The number of rotatable bonds is 0. The van der Waals surface area contributed by atoms with Crippen LogP contribution in [0.4, 0.5) is 0 Å². The Morgan fingerprint density at radius 2 is 1.91 bits per heavy atom. The van der Waals surface area contributed by atoms with Crippen LogP contribution in [0.2, 0.25) is 0 Å². The van der Waals surface area contributed by atoms with E-state index >= 15 is 0 Å². The van der Waals surface area contributed by atoms with Gasteiger partial charge in [0.25, 0.3) is 0 Å². The lowest BCUT2D eigenvalue weighted by atomic mass is 9.85. The Morgan fingerprint density at radius 3 is 2.73 bits per heavy atom. The van der Waals surface area contributed by atoms with E-state index in [1.165, 1.54) is 25.7 Å². The minimum Gasteiger partial charge on any atom is -0.375 e. The second kappa shape index (κ2) is 2.01. The minimum atomic E-state index is 0.563. The molecule has 0 radical (unpaired) electrons. The van der Waals surface area contributed by atoms with Gasteiger partial charge < -0.3 is 4.74 Å². The van der Waals surface area contributed by atoms with Gasteiger partial charge in [-0.3, -0.25) is 0 Å². The van der Waals surface area contributed by atoms with E-state index in [0.717, 1.165) is 17.8 Å². The van der Waals surface area contributed by atoms with E-state index in [4.69, 9.17) is 4.74 Å². The summed E-state index contributed by atoms with van der Waals surface area (Å²) in [5.74, 6) is 2.97. The van der Waals surface area contributed by atoms with Crippen LogP contribution in [-0.2, 0) is 4.74 Å². The first-order valence-electron chi connectivity index (χ1n) is 5.00. The number of hydrogen-bond donors (Lipinski definition) is 0. The lowest BCUT2D eigenvalue weighted by Gasteiger charge is -2.22. The van der Waals surface area contributed by atoms with Crippen LogP contribution >= 0.6 is 0 Å². The van der Waals surface area contributed by atoms with Gasteiger partial charge in [0.1, 0.15) is 0 Å². The van der Waals surface area contributed by atoms with E-state index in [1.807, 2.05) is 0 Å². The summed E-state index contributed by atoms with van der Waals surface area (Å²) in [6.07, 6.45) is 7.05. The summed E-state index contributed by atoms with van der Waals surface area (Å²) in [6.45, 7) is 2.23. The zero-order chi connectivity index (χ0) is 7.42. The molecule has 3 fully saturated rings. The molecule has 1 heteroatoms. The summed E-state index contributed by atoms with van der Waals surface area (Å²) in [6, 6.07) is 0. The van der Waals surface area contributed by atoms with Gasteiger partial charge in [-0.2, -0.15) is 0 Å². The maximum absolute atomic E-state index is 5.92. The van der Waals surface area contributed by atoms with Gasteiger partial charge in [0.05, 0.1) is 12.2 Å². The summed E-state index contributed by atoms with van der Waals surface area (Å²) in [5, 5.41) is 0. The molecule has 2 saturated carbocycles. The fraction of sp³-hybridized carbons (Fsp3) is 1.00. The van der Waals surface area contributed by atoms with Crippen molar-refractivity contribution in [3.63, 3.8) is 0 Å². The highest BCUT2D eigenvalue weighted by Gasteiger charge is 2.52. The van der Waals surface area contributed by atoms with Crippen LogP contribution in [0.5, 0.6) is 0 Å². The zero-order valence-electron chi connectivity index (χ0n) is 7.12. The molecular weight excluding hydrogens is 136 g/mol. The van der Waals surface area contributed by atoms with Crippen LogP contribution in [0, 0.1) is 17.8 Å². The molecule has 3 rings (SSSR count). The van der Waals surface area contributed by atoms with Crippen molar-refractivity contribution in [2.45, 2.75) is 44.8 Å². The molecular formula is C10H16O. The maximum atomic E-state index is 5.92.